The zero-order valence-corrected chi connectivity index (χ0v) is 10.9. The first-order chi connectivity index (χ1) is 8.06. The number of amides is 1. The second kappa shape index (κ2) is 6.39. The zero-order valence-electron chi connectivity index (χ0n) is 10.9. The van der Waals surface area contributed by atoms with Gasteiger partial charge in [0.15, 0.2) is 0 Å². The quantitative estimate of drug-likeness (QED) is 0.690. The standard InChI is InChI=1S/C12H22N4O/c1-12(2,13-3)11(17)15-6-4-5-8-16-9-7-14-10-16/h7,9-10,13H,4-6,8H2,1-3H3,(H,15,17). The lowest BCUT2D eigenvalue weighted by Crippen LogP contribution is -2.51. The Bertz CT molecular complexity index is 332. The summed E-state index contributed by atoms with van der Waals surface area (Å²) in [7, 11) is 1.79. The molecule has 0 unspecified atom stereocenters. The van der Waals surface area contributed by atoms with E-state index in [1.807, 2.05) is 30.9 Å². The molecule has 1 aromatic heterocycles. The Morgan fingerprint density at radius 3 is 2.76 bits per heavy atom. The minimum absolute atomic E-state index is 0.0441. The number of aryl methyl sites for hydroxylation is 1. The van der Waals surface area contributed by atoms with Crippen LogP contribution in [0.4, 0.5) is 0 Å². The van der Waals surface area contributed by atoms with Crippen molar-refractivity contribution in [2.75, 3.05) is 13.6 Å². The van der Waals surface area contributed by atoms with Gasteiger partial charge in [-0.1, -0.05) is 0 Å². The number of unbranched alkanes of at least 4 members (excludes halogenated alkanes) is 1. The summed E-state index contributed by atoms with van der Waals surface area (Å²) in [5.41, 5.74) is -0.496. The monoisotopic (exact) mass is 238 g/mol. The molecule has 0 saturated carbocycles. The first kappa shape index (κ1) is 13.7. The summed E-state index contributed by atoms with van der Waals surface area (Å²) in [6.07, 6.45) is 7.54. The predicted octanol–water partition coefficient (Wildman–Crippen LogP) is 0.777. The Balaban J connectivity index is 2.10. The number of hydrogen-bond acceptors (Lipinski definition) is 3. The van der Waals surface area contributed by atoms with Crippen molar-refractivity contribution in [2.24, 2.45) is 0 Å². The van der Waals surface area contributed by atoms with Crippen molar-refractivity contribution in [3.05, 3.63) is 18.7 Å². The third kappa shape index (κ3) is 4.56. The summed E-state index contributed by atoms with van der Waals surface area (Å²) in [4.78, 5) is 15.7. The summed E-state index contributed by atoms with van der Waals surface area (Å²) in [5, 5.41) is 5.91. The molecule has 0 saturated heterocycles. The van der Waals surface area contributed by atoms with E-state index in [4.69, 9.17) is 0 Å². The molecule has 1 heterocycles. The van der Waals surface area contributed by atoms with Crippen LogP contribution in [0.3, 0.4) is 0 Å². The Hall–Kier alpha value is -1.36. The number of carbonyl (C=O) groups excluding carboxylic acids is 1. The third-order valence-electron chi connectivity index (χ3n) is 2.88. The summed E-state index contributed by atoms with van der Waals surface area (Å²) < 4.78 is 2.04. The molecule has 1 amide bonds. The van der Waals surface area contributed by atoms with Crippen molar-refractivity contribution in [1.82, 2.24) is 20.2 Å². The molecule has 0 aliphatic rings. The van der Waals surface area contributed by atoms with Gasteiger partial charge in [0.2, 0.25) is 5.91 Å². The van der Waals surface area contributed by atoms with Crippen LogP contribution in [-0.4, -0.2) is 34.6 Å². The van der Waals surface area contributed by atoms with Crippen LogP contribution in [0.2, 0.25) is 0 Å². The lowest BCUT2D eigenvalue weighted by molar-refractivity contribution is -0.126. The molecule has 0 spiro atoms. The second-order valence-corrected chi connectivity index (χ2v) is 4.64. The van der Waals surface area contributed by atoms with Gasteiger partial charge in [-0.15, -0.1) is 0 Å². The predicted molar refractivity (Wildman–Crippen MR) is 67.6 cm³/mol. The molecule has 0 aliphatic carbocycles. The molecule has 0 atom stereocenters. The van der Waals surface area contributed by atoms with Crippen molar-refractivity contribution < 1.29 is 4.79 Å². The molecule has 0 bridgehead atoms. The van der Waals surface area contributed by atoms with E-state index in [0.29, 0.717) is 0 Å². The molecule has 17 heavy (non-hydrogen) atoms. The third-order valence-corrected chi connectivity index (χ3v) is 2.88. The SMILES string of the molecule is CNC(C)(C)C(=O)NCCCCn1ccnc1. The van der Waals surface area contributed by atoms with Crippen LogP contribution in [-0.2, 0) is 11.3 Å². The van der Waals surface area contributed by atoms with Gasteiger partial charge < -0.3 is 15.2 Å². The van der Waals surface area contributed by atoms with Crippen LogP contribution in [0.25, 0.3) is 0 Å². The number of aromatic nitrogens is 2. The van der Waals surface area contributed by atoms with Gasteiger partial charge in [-0.05, 0) is 33.7 Å². The smallest absolute Gasteiger partial charge is 0.239 e. The van der Waals surface area contributed by atoms with Crippen LogP contribution in [0.1, 0.15) is 26.7 Å². The van der Waals surface area contributed by atoms with Crippen LogP contribution < -0.4 is 10.6 Å². The summed E-state index contributed by atoms with van der Waals surface area (Å²) in [6.45, 7) is 5.41. The van der Waals surface area contributed by atoms with Gasteiger partial charge in [-0.2, -0.15) is 0 Å². The normalized spacial score (nSPS) is 11.5. The molecule has 1 rings (SSSR count). The fourth-order valence-corrected chi connectivity index (χ4v) is 1.37. The molecule has 96 valence electrons. The maximum Gasteiger partial charge on any atom is 0.239 e. The molecule has 0 fully saturated rings. The van der Waals surface area contributed by atoms with Gasteiger partial charge in [0.1, 0.15) is 0 Å². The number of carbonyl (C=O) groups is 1. The minimum atomic E-state index is -0.496. The van der Waals surface area contributed by atoms with E-state index in [2.05, 4.69) is 15.6 Å². The Kier molecular flexibility index (Phi) is 5.15. The van der Waals surface area contributed by atoms with Crippen molar-refractivity contribution in [2.45, 2.75) is 38.8 Å². The van der Waals surface area contributed by atoms with Crippen LogP contribution in [0.15, 0.2) is 18.7 Å². The topological polar surface area (TPSA) is 59.0 Å². The van der Waals surface area contributed by atoms with E-state index < -0.39 is 5.54 Å². The largest absolute Gasteiger partial charge is 0.355 e. The van der Waals surface area contributed by atoms with Crippen molar-refractivity contribution in [3.63, 3.8) is 0 Å². The average molecular weight is 238 g/mol. The lowest BCUT2D eigenvalue weighted by atomic mass is 10.1. The zero-order chi connectivity index (χ0) is 12.7. The van der Waals surface area contributed by atoms with Crippen LogP contribution in [0.5, 0.6) is 0 Å². The molecular formula is C12H22N4O. The average Bonchev–Trinajstić information content (AvgIpc) is 2.81. The number of imidazole rings is 1. The summed E-state index contributed by atoms with van der Waals surface area (Å²) in [5.74, 6) is 0.0441. The number of nitrogens with one attached hydrogen (secondary N) is 2. The highest BCUT2D eigenvalue weighted by atomic mass is 16.2. The molecule has 0 aliphatic heterocycles. The fraction of sp³-hybridized carbons (Fsp3) is 0.667. The first-order valence-corrected chi connectivity index (χ1v) is 5.99. The van der Waals surface area contributed by atoms with E-state index in [0.717, 1.165) is 25.9 Å². The van der Waals surface area contributed by atoms with Crippen LogP contribution >= 0.6 is 0 Å². The maximum atomic E-state index is 11.7. The second-order valence-electron chi connectivity index (χ2n) is 4.64. The van der Waals surface area contributed by atoms with E-state index in [1.54, 1.807) is 13.2 Å². The van der Waals surface area contributed by atoms with Crippen molar-refractivity contribution in [1.29, 1.82) is 0 Å². The first-order valence-electron chi connectivity index (χ1n) is 5.99. The van der Waals surface area contributed by atoms with Crippen LogP contribution in [0, 0.1) is 0 Å². The van der Waals surface area contributed by atoms with Crippen molar-refractivity contribution in [3.8, 4) is 0 Å². The molecule has 5 heteroatoms. The Labute approximate surface area is 103 Å². The fourth-order valence-electron chi connectivity index (χ4n) is 1.37. The maximum absolute atomic E-state index is 11.7. The van der Waals surface area contributed by atoms with Gasteiger partial charge in [0.25, 0.3) is 0 Å². The highest BCUT2D eigenvalue weighted by molar-refractivity contribution is 5.85. The van der Waals surface area contributed by atoms with E-state index in [-0.39, 0.29) is 5.91 Å². The van der Waals surface area contributed by atoms with Gasteiger partial charge >= 0.3 is 0 Å². The van der Waals surface area contributed by atoms with E-state index in [9.17, 15) is 4.79 Å². The highest BCUT2D eigenvalue weighted by Crippen LogP contribution is 2.00. The number of rotatable bonds is 7. The molecule has 0 radical (unpaired) electrons. The molecule has 5 nitrogen and oxygen atoms in total. The van der Waals surface area contributed by atoms with E-state index in [1.165, 1.54) is 0 Å². The Morgan fingerprint density at radius 1 is 1.41 bits per heavy atom. The van der Waals surface area contributed by atoms with E-state index >= 15 is 0 Å². The molecular weight excluding hydrogens is 216 g/mol. The summed E-state index contributed by atoms with van der Waals surface area (Å²) >= 11 is 0. The lowest BCUT2D eigenvalue weighted by Gasteiger charge is -2.22. The number of hydrogen-bond donors (Lipinski definition) is 2. The Morgan fingerprint density at radius 2 is 2.18 bits per heavy atom. The minimum Gasteiger partial charge on any atom is -0.355 e. The number of nitrogens with zero attached hydrogens (tertiary/aromatic N) is 2. The summed E-state index contributed by atoms with van der Waals surface area (Å²) in [6, 6.07) is 0. The number of likely N-dealkylation sites (N-methyl/N-ethyl adjacent to an activating group) is 1. The van der Waals surface area contributed by atoms with Gasteiger partial charge in [0.05, 0.1) is 11.9 Å². The molecule has 2 N–H and O–H groups in total. The van der Waals surface area contributed by atoms with Gasteiger partial charge in [-0.25, -0.2) is 4.98 Å². The molecule has 1 aromatic rings. The highest BCUT2D eigenvalue weighted by Gasteiger charge is 2.24. The molecule has 0 aromatic carbocycles. The van der Waals surface area contributed by atoms with Crippen molar-refractivity contribution >= 4 is 5.91 Å². The van der Waals surface area contributed by atoms with Gasteiger partial charge in [-0.3, -0.25) is 4.79 Å². The van der Waals surface area contributed by atoms with Gasteiger partial charge in [0, 0.05) is 25.5 Å².